The fourth-order valence-corrected chi connectivity index (χ4v) is 4.59. The van der Waals surface area contributed by atoms with E-state index in [0.29, 0.717) is 20.7 Å². The molecule has 176 valence electrons. The number of thioether (sulfide) groups is 1. The maximum absolute atomic E-state index is 12.9. The highest BCUT2D eigenvalue weighted by Crippen LogP contribution is 2.37. The van der Waals surface area contributed by atoms with Gasteiger partial charge in [0.25, 0.3) is 17.5 Å². The van der Waals surface area contributed by atoms with E-state index in [-0.39, 0.29) is 24.1 Å². The zero-order valence-corrected chi connectivity index (χ0v) is 20.1. The summed E-state index contributed by atoms with van der Waals surface area (Å²) < 4.78 is 5.85. The second-order valence-electron chi connectivity index (χ2n) is 7.51. The molecule has 3 aromatic rings. The summed E-state index contributed by atoms with van der Waals surface area (Å²) in [5.41, 5.74) is 2.66. The number of non-ortho nitro benzene ring substituents is 1. The number of nitrogens with one attached hydrogen (secondary N) is 1. The Morgan fingerprint density at radius 2 is 1.89 bits per heavy atom. The Labute approximate surface area is 210 Å². The number of hydrogen-bond acceptors (Lipinski definition) is 7. The maximum Gasteiger partial charge on any atom is 0.271 e. The van der Waals surface area contributed by atoms with Crippen LogP contribution in [-0.4, -0.2) is 27.7 Å². The number of benzene rings is 3. The quantitative estimate of drug-likeness (QED) is 0.200. The number of rotatable bonds is 7. The van der Waals surface area contributed by atoms with Crippen molar-refractivity contribution in [2.75, 3.05) is 16.8 Å². The lowest BCUT2D eigenvalue weighted by Crippen LogP contribution is -2.27. The molecule has 0 radical (unpaired) electrons. The molecule has 10 heteroatoms. The van der Waals surface area contributed by atoms with E-state index in [2.05, 4.69) is 5.32 Å². The van der Waals surface area contributed by atoms with Gasteiger partial charge in [0.2, 0.25) is 0 Å². The Morgan fingerprint density at radius 1 is 1.14 bits per heavy atom. The Bertz CT molecular complexity index is 1360. The van der Waals surface area contributed by atoms with Gasteiger partial charge in [-0.1, -0.05) is 60.4 Å². The van der Waals surface area contributed by atoms with Gasteiger partial charge in [-0.05, 0) is 48.4 Å². The third kappa shape index (κ3) is 5.73. The molecule has 1 heterocycles. The molecule has 1 N–H and O–H groups in total. The minimum atomic E-state index is -0.521. The minimum absolute atomic E-state index is 0.122. The summed E-state index contributed by atoms with van der Waals surface area (Å²) in [5.74, 6) is -0.117. The van der Waals surface area contributed by atoms with Crippen molar-refractivity contribution >= 4 is 63.3 Å². The lowest BCUT2D eigenvalue weighted by atomic mass is 10.2. The summed E-state index contributed by atoms with van der Waals surface area (Å²) in [6.07, 6.45) is 1.69. The normalized spacial score (nSPS) is 14.3. The molecule has 1 fully saturated rings. The molecule has 0 bridgehead atoms. The highest BCUT2D eigenvalue weighted by Gasteiger charge is 2.33. The van der Waals surface area contributed by atoms with E-state index in [1.807, 2.05) is 31.2 Å². The summed E-state index contributed by atoms with van der Waals surface area (Å²) >= 11 is 6.46. The summed E-state index contributed by atoms with van der Waals surface area (Å²) in [7, 11) is 0. The van der Waals surface area contributed by atoms with Gasteiger partial charge in [-0.15, -0.1) is 0 Å². The van der Waals surface area contributed by atoms with Gasteiger partial charge in [-0.2, -0.15) is 0 Å². The molecule has 3 aromatic carbocycles. The lowest BCUT2D eigenvalue weighted by molar-refractivity contribution is -0.384. The number of nitrogens with zero attached hydrogens (tertiary/aromatic N) is 2. The first-order chi connectivity index (χ1) is 16.8. The molecule has 2 amide bonds. The summed E-state index contributed by atoms with van der Waals surface area (Å²) in [5, 5.41) is 13.9. The van der Waals surface area contributed by atoms with Crippen LogP contribution in [0.25, 0.3) is 6.08 Å². The predicted molar refractivity (Wildman–Crippen MR) is 140 cm³/mol. The number of aryl methyl sites for hydroxylation is 1. The molecule has 0 spiro atoms. The number of carbonyl (C=O) groups is 2. The second-order valence-corrected chi connectivity index (χ2v) is 9.19. The van der Waals surface area contributed by atoms with Crippen molar-refractivity contribution in [1.82, 2.24) is 0 Å². The fraction of sp³-hybridized carbons (Fsp3) is 0.0800. The third-order valence-corrected chi connectivity index (χ3v) is 6.36. The van der Waals surface area contributed by atoms with Gasteiger partial charge >= 0.3 is 0 Å². The number of carbonyl (C=O) groups excluding carboxylic acids is 2. The van der Waals surface area contributed by atoms with E-state index in [9.17, 15) is 19.7 Å². The van der Waals surface area contributed by atoms with E-state index in [4.69, 9.17) is 17.0 Å². The van der Waals surface area contributed by atoms with Crippen LogP contribution in [0.4, 0.5) is 17.1 Å². The largest absolute Gasteiger partial charge is 0.484 e. The summed E-state index contributed by atoms with van der Waals surface area (Å²) in [6, 6.07) is 20.2. The van der Waals surface area contributed by atoms with Gasteiger partial charge in [0.1, 0.15) is 5.75 Å². The van der Waals surface area contributed by atoms with Gasteiger partial charge in [-0.3, -0.25) is 24.6 Å². The summed E-state index contributed by atoms with van der Waals surface area (Å²) in [6.45, 7) is 1.77. The maximum atomic E-state index is 12.9. The van der Waals surface area contributed by atoms with Crippen LogP contribution in [0.2, 0.25) is 0 Å². The van der Waals surface area contributed by atoms with Crippen LogP contribution in [-0.2, 0) is 9.59 Å². The molecule has 0 aliphatic carbocycles. The van der Waals surface area contributed by atoms with Crippen molar-refractivity contribution in [1.29, 1.82) is 0 Å². The first-order valence-electron chi connectivity index (χ1n) is 10.4. The fourth-order valence-electron chi connectivity index (χ4n) is 3.30. The van der Waals surface area contributed by atoms with Crippen molar-refractivity contribution in [3.8, 4) is 5.75 Å². The summed E-state index contributed by atoms with van der Waals surface area (Å²) in [4.78, 5) is 37.3. The number of nitro benzene ring substituents is 1. The highest BCUT2D eigenvalue weighted by molar-refractivity contribution is 8.27. The predicted octanol–water partition coefficient (Wildman–Crippen LogP) is 5.33. The standard InChI is InChI=1S/C25H19N3O5S2/c1-16-5-2-3-8-21(16)26-23(29)15-33-20-11-9-17(10-12-20)13-22-24(30)27(25(34)35-22)18-6-4-7-19(14-18)28(31)32/h2-14H,15H2,1H3,(H,26,29)/b22-13+. The van der Waals surface area contributed by atoms with Crippen LogP contribution < -0.4 is 15.0 Å². The number of hydrogen-bond donors (Lipinski definition) is 1. The van der Waals surface area contributed by atoms with Crippen molar-refractivity contribution in [3.05, 3.63) is 98.9 Å². The Morgan fingerprint density at radius 3 is 2.60 bits per heavy atom. The SMILES string of the molecule is Cc1ccccc1NC(=O)COc1ccc(/C=C2/SC(=S)N(c3cccc([N+](=O)[O-])c3)C2=O)cc1. The highest BCUT2D eigenvalue weighted by atomic mass is 32.2. The monoisotopic (exact) mass is 505 g/mol. The van der Waals surface area contributed by atoms with E-state index in [1.165, 1.54) is 23.1 Å². The van der Waals surface area contributed by atoms with E-state index in [0.717, 1.165) is 28.6 Å². The average molecular weight is 506 g/mol. The number of thiocarbonyl (C=S) groups is 1. The molecule has 1 aliphatic rings. The minimum Gasteiger partial charge on any atom is -0.484 e. The Hall–Kier alpha value is -4.02. The van der Waals surface area contributed by atoms with Crippen LogP contribution >= 0.6 is 24.0 Å². The number of ether oxygens (including phenoxy) is 1. The second kappa shape index (κ2) is 10.5. The van der Waals surface area contributed by atoms with Crippen molar-refractivity contribution in [3.63, 3.8) is 0 Å². The first-order valence-corrected chi connectivity index (χ1v) is 11.6. The van der Waals surface area contributed by atoms with E-state index in [1.54, 1.807) is 36.4 Å². The van der Waals surface area contributed by atoms with Gasteiger partial charge in [0, 0.05) is 17.8 Å². The number of amides is 2. The Kier molecular flexibility index (Phi) is 7.23. The number of nitro groups is 1. The third-order valence-electron chi connectivity index (χ3n) is 5.06. The zero-order valence-electron chi connectivity index (χ0n) is 18.5. The average Bonchev–Trinajstić information content (AvgIpc) is 3.12. The molecular weight excluding hydrogens is 486 g/mol. The molecule has 0 saturated carbocycles. The van der Waals surface area contributed by atoms with Crippen molar-refractivity contribution in [2.24, 2.45) is 0 Å². The lowest BCUT2D eigenvalue weighted by Gasteiger charge is -2.13. The van der Waals surface area contributed by atoms with Crippen LogP contribution in [0.5, 0.6) is 5.75 Å². The number of anilines is 2. The Balaban J connectivity index is 1.39. The van der Waals surface area contributed by atoms with Gasteiger partial charge in [0.15, 0.2) is 10.9 Å². The van der Waals surface area contributed by atoms with Gasteiger partial charge in [0.05, 0.1) is 15.5 Å². The molecule has 1 aliphatic heterocycles. The smallest absolute Gasteiger partial charge is 0.271 e. The van der Waals surface area contributed by atoms with E-state index >= 15 is 0 Å². The van der Waals surface area contributed by atoms with Crippen LogP contribution in [0.3, 0.4) is 0 Å². The molecule has 1 saturated heterocycles. The van der Waals surface area contributed by atoms with E-state index < -0.39 is 4.92 Å². The number of para-hydroxylation sites is 1. The molecule has 35 heavy (non-hydrogen) atoms. The van der Waals surface area contributed by atoms with Crippen molar-refractivity contribution < 1.29 is 19.2 Å². The van der Waals surface area contributed by atoms with Gasteiger partial charge < -0.3 is 10.1 Å². The molecule has 4 rings (SSSR count). The van der Waals surface area contributed by atoms with Crippen LogP contribution in [0.1, 0.15) is 11.1 Å². The molecule has 0 aromatic heterocycles. The van der Waals surface area contributed by atoms with Crippen molar-refractivity contribution in [2.45, 2.75) is 6.92 Å². The molecular formula is C25H19N3O5S2. The topological polar surface area (TPSA) is 102 Å². The molecule has 0 atom stereocenters. The first kappa shape index (κ1) is 24.1. The van der Waals surface area contributed by atoms with Crippen LogP contribution in [0, 0.1) is 17.0 Å². The molecule has 8 nitrogen and oxygen atoms in total. The zero-order chi connectivity index (χ0) is 24.9. The van der Waals surface area contributed by atoms with Gasteiger partial charge in [-0.25, -0.2) is 0 Å². The van der Waals surface area contributed by atoms with Crippen LogP contribution in [0.15, 0.2) is 77.7 Å². The molecule has 0 unspecified atom stereocenters.